The van der Waals surface area contributed by atoms with Crippen LogP contribution in [-0.2, 0) is 19.3 Å². The standard InChI is InChI=1S/C8H12O4.C2H4/c1-5-10-7(4)11-12-8(9)6(2)3;1-2/h5,7H,1-2H2,3-4H3;1-2H2. The summed E-state index contributed by atoms with van der Waals surface area (Å²) in [5, 5.41) is 0. The van der Waals surface area contributed by atoms with Crippen molar-refractivity contribution in [1.29, 1.82) is 0 Å². The molecule has 0 aliphatic carbocycles. The summed E-state index contributed by atoms with van der Waals surface area (Å²) in [7, 11) is 0. The molecule has 0 aromatic rings. The first-order valence-electron chi connectivity index (χ1n) is 3.87. The van der Waals surface area contributed by atoms with E-state index in [0.717, 1.165) is 0 Å². The van der Waals surface area contributed by atoms with Crippen molar-refractivity contribution in [2.75, 3.05) is 0 Å². The second kappa shape index (κ2) is 9.54. The first kappa shape index (κ1) is 14.9. The van der Waals surface area contributed by atoms with E-state index in [1.54, 1.807) is 6.92 Å². The van der Waals surface area contributed by atoms with Crippen LogP contribution in [0.4, 0.5) is 0 Å². The van der Waals surface area contributed by atoms with Crippen LogP contribution in [0.3, 0.4) is 0 Å². The van der Waals surface area contributed by atoms with Crippen molar-refractivity contribution in [3.05, 3.63) is 38.2 Å². The Morgan fingerprint density at radius 2 is 1.93 bits per heavy atom. The highest BCUT2D eigenvalue weighted by Crippen LogP contribution is 1.98. The second-order valence-corrected chi connectivity index (χ2v) is 2.12. The fourth-order valence-corrected chi connectivity index (χ4v) is 0.341. The summed E-state index contributed by atoms with van der Waals surface area (Å²) in [5.74, 6) is -0.616. The number of ether oxygens (including phenoxy) is 1. The van der Waals surface area contributed by atoms with E-state index in [1.165, 1.54) is 13.2 Å². The molecule has 0 spiro atoms. The normalized spacial score (nSPS) is 10.1. The summed E-state index contributed by atoms with van der Waals surface area (Å²) in [6.45, 7) is 15.7. The van der Waals surface area contributed by atoms with Gasteiger partial charge in [0.2, 0.25) is 6.29 Å². The molecule has 0 saturated carbocycles. The van der Waals surface area contributed by atoms with Gasteiger partial charge in [0, 0.05) is 12.5 Å². The van der Waals surface area contributed by atoms with E-state index in [2.05, 4.69) is 36.1 Å². The first-order valence-corrected chi connectivity index (χ1v) is 3.87. The third-order valence-electron chi connectivity index (χ3n) is 0.896. The van der Waals surface area contributed by atoms with Gasteiger partial charge in [-0.05, 0) is 6.92 Å². The van der Waals surface area contributed by atoms with E-state index < -0.39 is 12.3 Å². The van der Waals surface area contributed by atoms with E-state index in [-0.39, 0.29) is 5.57 Å². The molecule has 0 aliphatic heterocycles. The smallest absolute Gasteiger partial charge is 0.368 e. The minimum Gasteiger partial charge on any atom is -0.470 e. The molecule has 0 bridgehead atoms. The fraction of sp³-hybridized carbons (Fsp3) is 0.300. The predicted molar refractivity (Wildman–Crippen MR) is 54.0 cm³/mol. The Kier molecular flexibility index (Phi) is 10.2. The van der Waals surface area contributed by atoms with Gasteiger partial charge in [-0.25, -0.2) is 4.79 Å². The first-order chi connectivity index (χ1) is 6.57. The van der Waals surface area contributed by atoms with Gasteiger partial charge in [0.25, 0.3) is 0 Å². The summed E-state index contributed by atoms with van der Waals surface area (Å²) >= 11 is 0. The third-order valence-corrected chi connectivity index (χ3v) is 0.896. The van der Waals surface area contributed by atoms with Crippen LogP contribution in [0, 0.1) is 0 Å². The summed E-state index contributed by atoms with van der Waals surface area (Å²) in [4.78, 5) is 19.5. The maximum Gasteiger partial charge on any atom is 0.368 e. The Bertz CT molecular complexity index is 198. The molecule has 0 amide bonds. The minimum atomic E-state index is -0.661. The molecular weight excluding hydrogens is 184 g/mol. The number of hydrogen-bond acceptors (Lipinski definition) is 4. The Balaban J connectivity index is 0. The zero-order chi connectivity index (χ0) is 11.6. The van der Waals surface area contributed by atoms with Crippen LogP contribution in [-0.4, -0.2) is 12.3 Å². The van der Waals surface area contributed by atoms with Gasteiger partial charge in [0.05, 0.1) is 6.26 Å². The molecule has 0 saturated heterocycles. The van der Waals surface area contributed by atoms with Crippen LogP contribution in [0.15, 0.2) is 38.2 Å². The zero-order valence-electron chi connectivity index (χ0n) is 8.62. The number of hydrogen-bond donors (Lipinski definition) is 0. The summed E-state index contributed by atoms with van der Waals surface area (Å²) in [6, 6.07) is 0. The van der Waals surface area contributed by atoms with Crippen molar-refractivity contribution in [1.82, 2.24) is 0 Å². The highest BCUT2D eigenvalue weighted by molar-refractivity contribution is 5.86. The van der Waals surface area contributed by atoms with Crippen molar-refractivity contribution in [2.45, 2.75) is 20.1 Å². The van der Waals surface area contributed by atoms with Gasteiger partial charge >= 0.3 is 5.97 Å². The van der Waals surface area contributed by atoms with Crippen LogP contribution in [0.5, 0.6) is 0 Å². The lowest BCUT2D eigenvalue weighted by Crippen LogP contribution is -2.14. The van der Waals surface area contributed by atoms with Crippen LogP contribution < -0.4 is 0 Å². The second-order valence-electron chi connectivity index (χ2n) is 2.12. The molecule has 0 heterocycles. The van der Waals surface area contributed by atoms with Crippen LogP contribution >= 0.6 is 0 Å². The van der Waals surface area contributed by atoms with Crippen LogP contribution in [0.25, 0.3) is 0 Å². The van der Waals surface area contributed by atoms with Gasteiger partial charge in [0.15, 0.2) is 0 Å². The Morgan fingerprint density at radius 1 is 1.43 bits per heavy atom. The molecule has 14 heavy (non-hydrogen) atoms. The number of carbonyl (C=O) groups is 1. The van der Waals surface area contributed by atoms with Crippen LogP contribution in [0.2, 0.25) is 0 Å². The van der Waals surface area contributed by atoms with Crippen molar-refractivity contribution in [3.8, 4) is 0 Å². The lowest BCUT2D eigenvalue weighted by molar-refractivity contribution is -0.334. The fourth-order valence-electron chi connectivity index (χ4n) is 0.341. The summed E-state index contributed by atoms with van der Waals surface area (Å²) in [6.07, 6.45) is 0.532. The van der Waals surface area contributed by atoms with Crippen molar-refractivity contribution >= 4 is 5.97 Å². The lowest BCUT2D eigenvalue weighted by Gasteiger charge is -2.09. The van der Waals surface area contributed by atoms with Crippen molar-refractivity contribution < 1.29 is 19.3 Å². The van der Waals surface area contributed by atoms with Gasteiger partial charge in [-0.3, -0.25) is 4.89 Å². The molecule has 0 aromatic carbocycles. The molecule has 4 nitrogen and oxygen atoms in total. The molecule has 0 fully saturated rings. The van der Waals surface area contributed by atoms with E-state index in [9.17, 15) is 4.79 Å². The largest absolute Gasteiger partial charge is 0.470 e. The third kappa shape index (κ3) is 8.55. The quantitative estimate of drug-likeness (QED) is 0.171. The number of carbonyl (C=O) groups excluding carboxylic acids is 1. The van der Waals surface area contributed by atoms with Gasteiger partial charge in [-0.2, -0.15) is 0 Å². The van der Waals surface area contributed by atoms with Gasteiger partial charge < -0.3 is 4.74 Å². The SMILES string of the molecule is C=C.C=COC(C)OOC(=O)C(=C)C. The van der Waals surface area contributed by atoms with Crippen molar-refractivity contribution in [3.63, 3.8) is 0 Å². The molecule has 0 aromatic heterocycles. The minimum absolute atomic E-state index is 0.265. The lowest BCUT2D eigenvalue weighted by atomic mass is 10.4. The average Bonchev–Trinajstić information content (AvgIpc) is 2.17. The van der Waals surface area contributed by atoms with E-state index >= 15 is 0 Å². The summed E-state index contributed by atoms with van der Waals surface area (Å²) in [5.41, 5.74) is 0.265. The predicted octanol–water partition coefficient (Wildman–Crippen LogP) is 2.35. The topological polar surface area (TPSA) is 44.8 Å². The molecule has 1 unspecified atom stereocenters. The molecule has 0 N–H and O–H groups in total. The van der Waals surface area contributed by atoms with Gasteiger partial charge in [-0.15, -0.1) is 18.0 Å². The van der Waals surface area contributed by atoms with E-state index in [4.69, 9.17) is 4.74 Å². The summed E-state index contributed by atoms with van der Waals surface area (Å²) < 4.78 is 4.71. The Hall–Kier alpha value is -1.55. The molecule has 1 atom stereocenters. The molecule has 0 radical (unpaired) electrons. The maximum atomic E-state index is 10.7. The Labute approximate surface area is 84.4 Å². The molecular formula is C10H16O4. The zero-order valence-corrected chi connectivity index (χ0v) is 8.62. The van der Waals surface area contributed by atoms with Gasteiger partial charge in [-0.1, -0.05) is 13.2 Å². The molecule has 0 rings (SSSR count). The molecule has 0 aliphatic rings. The monoisotopic (exact) mass is 200 g/mol. The average molecular weight is 200 g/mol. The van der Waals surface area contributed by atoms with Crippen molar-refractivity contribution in [2.24, 2.45) is 0 Å². The molecule has 80 valence electrons. The maximum absolute atomic E-state index is 10.7. The van der Waals surface area contributed by atoms with Crippen LogP contribution in [0.1, 0.15) is 13.8 Å². The highest BCUT2D eigenvalue weighted by atomic mass is 17.2. The number of rotatable bonds is 5. The molecule has 4 heteroatoms. The highest BCUT2D eigenvalue weighted by Gasteiger charge is 2.07. The Morgan fingerprint density at radius 3 is 2.29 bits per heavy atom. The van der Waals surface area contributed by atoms with E-state index in [0.29, 0.717) is 0 Å². The van der Waals surface area contributed by atoms with E-state index in [1.807, 2.05) is 0 Å². The van der Waals surface area contributed by atoms with Gasteiger partial charge in [0.1, 0.15) is 0 Å².